The van der Waals surface area contributed by atoms with Gasteiger partial charge >= 0.3 is 0 Å². The molecule has 4 aromatic rings. The van der Waals surface area contributed by atoms with Gasteiger partial charge in [0.25, 0.3) is 0 Å². The van der Waals surface area contributed by atoms with E-state index >= 15 is 0 Å². The van der Waals surface area contributed by atoms with Gasteiger partial charge < -0.3 is 5.11 Å². The summed E-state index contributed by atoms with van der Waals surface area (Å²) >= 11 is 0. The first-order valence-electron chi connectivity index (χ1n) is 8.53. The maximum absolute atomic E-state index is 13.2. The average Bonchev–Trinajstić information content (AvgIpc) is 3.05. The summed E-state index contributed by atoms with van der Waals surface area (Å²) in [6.07, 6.45) is 0. The molecule has 8 heteroatoms. The summed E-state index contributed by atoms with van der Waals surface area (Å²) in [5.41, 5.74) is 0.677. The minimum Gasteiger partial charge on any atom is -0.504 e. The normalized spacial score (nSPS) is 12.7. The van der Waals surface area contributed by atoms with E-state index in [4.69, 9.17) is 0 Å². The number of sulfone groups is 1. The Labute approximate surface area is 165 Å². The van der Waals surface area contributed by atoms with Gasteiger partial charge in [-0.1, -0.05) is 30.3 Å². The number of nitriles is 1. The van der Waals surface area contributed by atoms with Gasteiger partial charge in [-0.15, -0.1) is 0 Å². The van der Waals surface area contributed by atoms with Gasteiger partial charge in [0, 0.05) is 17.8 Å². The lowest BCUT2D eigenvalue weighted by Gasteiger charge is -2.05. The van der Waals surface area contributed by atoms with Crippen LogP contribution in [0.1, 0.15) is 5.69 Å². The van der Waals surface area contributed by atoms with Crippen LogP contribution >= 0.6 is 0 Å². The number of rotatable bonds is 3. The quantitative estimate of drug-likeness (QED) is 0.313. The molecular formula is C21H14FN3O3S. The molecule has 0 fully saturated rings. The molecule has 0 aliphatic rings. The number of aryl methyl sites for hydroxylation is 1. The zero-order chi connectivity index (χ0) is 20.8. The summed E-state index contributed by atoms with van der Waals surface area (Å²) in [6.45, 7) is 0. The molecule has 1 N–H and O–H groups in total. The van der Waals surface area contributed by atoms with E-state index in [2.05, 4.69) is 5.10 Å². The fraction of sp³-hybridized carbons (Fsp3) is 0.0476. The van der Waals surface area contributed by atoms with Crippen molar-refractivity contribution in [1.82, 2.24) is 9.78 Å². The van der Waals surface area contributed by atoms with E-state index in [9.17, 15) is 23.2 Å². The van der Waals surface area contributed by atoms with Gasteiger partial charge in [-0.25, -0.2) is 12.8 Å². The van der Waals surface area contributed by atoms with Gasteiger partial charge in [0.2, 0.25) is 9.84 Å². The Morgan fingerprint density at radius 1 is 1.07 bits per heavy atom. The second-order valence-corrected chi connectivity index (χ2v) is 8.29. The van der Waals surface area contributed by atoms with Crippen LogP contribution in [0.3, 0.4) is 0 Å². The molecule has 3 aromatic carbocycles. The summed E-state index contributed by atoms with van der Waals surface area (Å²) in [5.74, 6) is -1.36. The van der Waals surface area contributed by atoms with Crippen molar-refractivity contribution >= 4 is 37.3 Å². The minimum absolute atomic E-state index is 0.0181. The average molecular weight is 407 g/mol. The maximum Gasteiger partial charge on any atom is 0.220 e. The van der Waals surface area contributed by atoms with E-state index in [0.717, 1.165) is 35.0 Å². The van der Waals surface area contributed by atoms with Crippen LogP contribution in [0.15, 0.2) is 70.5 Å². The van der Waals surface area contributed by atoms with Crippen LogP contribution in [-0.2, 0) is 16.9 Å². The molecular weight excluding hydrogens is 393 g/mol. The van der Waals surface area contributed by atoms with E-state index in [1.807, 2.05) is 30.3 Å². The van der Waals surface area contributed by atoms with Crippen LogP contribution in [0.2, 0.25) is 0 Å². The second-order valence-electron chi connectivity index (χ2n) is 6.40. The van der Waals surface area contributed by atoms with Gasteiger partial charge in [0.05, 0.1) is 10.4 Å². The first-order chi connectivity index (χ1) is 13.8. The van der Waals surface area contributed by atoms with Crippen LogP contribution < -0.4 is 0 Å². The smallest absolute Gasteiger partial charge is 0.220 e. The first kappa shape index (κ1) is 18.7. The lowest BCUT2D eigenvalue weighted by molar-refractivity contribution is 0.505. The molecule has 29 heavy (non-hydrogen) atoms. The monoisotopic (exact) mass is 407 g/mol. The summed E-state index contributed by atoms with van der Waals surface area (Å²) in [7, 11) is -2.69. The molecule has 0 aliphatic heterocycles. The number of aromatic nitrogens is 2. The third-order valence-corrected chi connectivity index (χ3v) is 6.38. The van der Waals surface area contributed by atoms with Gasteiger partial charge in [0.15, 0.2) is 10.7 Å². The highest BCUT2D eigenvalue weighted by Crippen LogP contribution is 2.32. The largest absolute Gasteiger partial charge is 0.504 e. The topological polar surface area (TPSA) is 96.0 Å². The molecule has 0 spiro atoms. The van der Waals surface area contributed by atoms with Crippen LogP contribution in [0.4, 0.5) is 4.39 Å². The molecule has 1 aromatic heterocycles. The predicted octanol–water partition coefficient (Wildman–Crippen LogP) is 4.09. The number of nitrogens with zero attached hydrogens (tertiary/aromatic N) is 3. The van der Waals surface area contributed by atoms with Crippen molar-refractivity contribution in [3.63, 3.8) is 0 Å². The van der Waals surface area contributed by atoms with Crippen LogP contribution in [0, 0.1) is 17.1 Å². The van der Waals surface area contributed by atoms with Gasteiger partial charge in [-0.2, -0.15) is 10.4 Å². The Balaban J connectivity index is 1.99. The lowest BCUT2D eigenvalue weighted by Crippen LogP contribution is -2.07. The predicted molar refractivity (Wildman–Crippen MR) is 107 cm³/mol. The van der Waals surface area contributed by atoms with E-state index in [1.165, 1.54) is 4.68 Å². The second kappa shape index (κ2) is 6.72. The number of aliphatic hydroxyl groups excluding tert-OH is 1. The third kappa shape index (κ3) is 2.92. The Morgan fingerprint density at radius 2 is 1.76 bits per heavy atom. The molecule has 0 bridgehead atoms. The highest BCUT2D eigenvalue weighted by molar-refractivity contribution is 7.95. The van der Waals surface area contributed by atoms with Crippen LogP contribution in [0.5, 0.6) is 0 Å². The number of halogens is 1. The molecule has 0 saturated carbocycles. The molecule has 0 amide bonds. The van der Waals surface area contributed by atoms with Crippen molar-refractivity contribution in [2.75, 3.05) is 0 Å². The lowest BCUT2D eigenvalue weighted by atomic mass is 10.1. The summed E-state index contributed by atoms with van der Waals surface area (Å²) in [4.78, 5) is -1.15. The number of allylic oxidation sites excluding steroid dienone is 1. The molecule has 6 nitrogen and oxygen atoms in total. The van der Waals surface area contributed by atoms with Crippen molar-refractivity contribution < 1.29 is 17.9 Å². The standard InChI is InChI=1S/C21H14FN3O3S/c1-25-20-16-5-3-2-4-13(16)6-11-17(20)19(24-25)21(26)18(12-23)29(27,28)15-9-7-14(22)8-10-15/h2-11,26H,1H3/b21-18-. The molecule has 0 unspecified atom stereocenters. The molecule has 0 atom stereocenters. The Kier molecular flexibility index (Phi) is 4.32. The number of benzene rings is 3. The van der Waals surface area contributed by atoms with Gasteiger partial charge in [0.1, 0.15) is 17.6 Å². The van der Waals surface area contributed by atoms with Crippen molar-refractivity contribution in [2.24, 2.45) is 7.05 Å². The highest BCUT2D eigenvalue weighted by atomic mass is 32.2. The third-order valence-electron chi connectivity index (χ3n) is 4.66. The van der Waals surface area contributed by atoms with Crippen LogP contribution in [0.25, 0.3) is 27.4 Å². The summed E-state index contributed by atoms with van der Waals surface area (Å²) in [6, 6.07) is 16.7. The van der Waals surface area contributed by atoms with Gasteiger partial charge in [-0.3, -0.25) is 4.68 Å². The molecule has 0 saturated heterocycles. The van der Waals surface area contributed by atoms with Crippen molar-refractivity contribution in [1.29, 1.82) is 5.26 Å². The maximum atomic E-state index is 13.2. The molecule has 0 aliphatic carbocycles. The highest BCUT2D eigenvalue weighted by Gasteiger charge is 2.28. The summed E-state index contributed by atoms with van der Waals surface area (Å²) < 4.78 is 40.4. The number of aliphatic hydroxyl groups is 1. The summed E-state index contributed by atoms with van der Waals surface area (Å²) in [5, 5.41) is 26.8. The van der Waals surface area contributed by atoms with Crippen molar-refractivity contribution in [2.45, 2.75) is 4.90 Å². The Hall–Kier alpha value is -3.70. The van der Waals surface area contributed by atoms with Gasteiger partial charge in [-0.05, 0) is 35.7 Å². The Morgan fingerprint density at radius 3 is 2.45 bits per heavy atom. The SMILES string of the molecule is Cn1nc(/C(O)=C(\C#N)S(=O)(=O)c2ccc(F)cc2)c2ccc3ccccc3c21. The number of hydrogen-bond donors (Lipinski definition) is 1. The Bertz CT molecular complexity index is 1450. The molecule has 4 rings (SSSR count). The van der Waals surface area contributed by atoms with Crippen molar-refractivity contribution in [3.8, 4) is 6.07 Å². The number of hydrogen-bond acceptors (Lipinski definition) is 5. The van der Waals surface area contributed by atoms with Crippen LogP contribution in [-0.4, -0.2) is 23.3 Å². The van der Waals surface area contributed by atoms with Crippen molar-refractivity contribution in [3.05, 3.63) is 77.1 Å². The van der Waals surface area contributed by atoms with E-state index in [-0.39, 0.29) is 10.6 Å². The fourth-order valence-corrected chi connectivity index (χ4v) is 4.50. The molecule has 1 heterocycles. The molecule has 0 radical (unpaired) electrons. The van der Waals surface area contributed by atoms with E-state index in [1.54, 1.807) is 19.2 Å². The minimum atomic E-state index is -4.36. The van der Waals surface area contributed by atoms with E-state index in [0.29, 0.717) is 10.9 Å². The zero-order valence-electron chi connectivity index (χ0n) is 15.2. The number of fused-ring (bicyclic) bond motifs is 3. The zero-order valence-corrected chi connectivity index (χ0v) is 16.0. The first-order valence-corrected chi connectivity index (χ1v) is 10.0. The van der Waals surface area contributed by atoms with E-state index < -0.39 is 26.3 Å². The molecule has 144 valence electrons. The fourth-order valence-electron chi connectivity index (χ4n) is 3.30.